The molecule has 0 saturated heterocycles. The van der Waals surface area contributed by atoms with Crippen LogP contribution in [0, 0.1) is 0 Å². The predicted molar refractivity (Wildman–Crippen MR) is 112 cm³/mol. The maximum absolute atomic E-state index is 12.3. The first kappa shape index (κ1) is 17.4. The largest absolute Gasteiger partial charge is 0.326 e. The fraction of sp³-hybridized carbons (Fsp3) is 0.174. The standard InChI is InChI=1S/C23H20N4O2/c28-20(8-4-7-15-5-2-1-3-6-15)25-17-9-10-18-16(13-17)14-19-21(18)26-23(29)22-24-11-12-27(19)22/h1-3,5-6,9-13H,4,7-8,14H2,(H,25,28)(H,26,29). The molecule has 1 aliphatic rings. The molecule has 2 aromatic heterocycles. The minimum absolute atomic E-state index is 0.0156. The van der Waals surface area contributed by atoms with Gasteiger partial charge in [-0.1, -0.05) is 36.4 Å². The third-order valence-electron chi connectivity index (χ3n) is 5.39. The number of nitrogens with zero attached hydrogens (tertiary/aromatic N) is 2. The fourth-order valence-electron chi connectivity index (χ4n) is 4.01. The van der Waals surface area contributed by atoms with Crippen molar-refractivity contribution in [2.75, 3.05) is 5.32 Å². The number of carbonyl (C=O) groups is 1. The molecular formula is C23H20N4O2. The monoisotopic (exact) mass is 384 g/mol. The van der Waals surface area contributed by atoms with Crippen molar-refractivity contribution in [2.45, 2.75) is 25.7 Å². The highest BCUT2D eigenvalue weighted by Gasteiger charge is 2.23. The molecular weight excluding hydrogens is 364 g/mol. The second-order valence-electron chi connectivity index (χ2n) is 7.33. The van der Waals surface area contributed by atoms with Gasteiger partial charge in [0.15, 0.2) is 0 Å². The summed E-state index contributed by atoms with van der Waals surface area (Å²) in [7, 11) is 0. The molecule has 2 N–H and O–H groups in total. The molecule has 6 nitrogen and oxygen atoms in total. The Bertz CT molecular complexity index is 1270. The summed E-state index contributed by atoms with van der Waals surface area (Å²) in [5, 5.41) is 3.00. The summed E-state index contributed by atoms with van der Waals surface area (Å²) in [5.41, 5.74) is 6.16. The Morgan fingerprint density at radius 1 is 1.17 bits per heavy atom. The molecule has 1 amide bonds. The maximum Gasteiger partial charge on any atom is 0.292 e. The van der Waals surface area contributed by atoms with Gasteiger partial charge in [0.2, 0.25) is 11.6 Å². The van der Waals surface area contributed by atoms with E-state index in [9.17, 15) is 9.59 Å². The van der Waals surface area contributed by atoms with Crippen LogP contribution in [0.2, 0.25) is 0 Å². The summed E-state index contributed by atoms with van der Waals surface area (Å²) in [6.45, 7) is 0. The van der Waals surface area contributed by atoms with E-state index in [4.69, 9.17) is 0 Å². The summed E-state index contributed by atoms with van der Waals surface area (Å²) in [6.07, 6.45) is 6.31. The van der Waals surface area contributed by atoms with E-state index in [-0.39, 0.29) is 11.5 Å². The third kappa shape index (κ3) is 3.23. The van der Waals surface area contributed by atoms with E-state index < -0.39 is 0 Å². The highest BCUT2D eigenvalue weighted by atomic mass is 16.1. The third-order valence-corrected chi connectivity index (χ3v) is 5.39. The highest BCUT2D eigenvalue weighted by Crippen LogP contribution is 2.35. The molecule has 6 heteroatoms. The summed E-state index contributed by atoms with van der Waals surface area (Å²) in [6, 6.07) is 16.0. The van der Waals surface area contributed by atoms with Crippen LogP contribution < -0.4 is 10.9 Å². The summed E-state index contributed by atoms with van der Waals surface area (Å²) >= 11 is 0. The molecule has 0 bridgehead atoms. The van der Waals surface area contributed by atoms with Crippen LogP contribution in [-0.4, -0.2) is 20.3 Å². The van der Waals surface area contributed by atoms with Crippen molar-refractivity contribution in [1.82, 2.24) is 14.4 Å². The number of amides is 1. The van der Waals surface area contributed by atoms with Crippen molar-refractivity contribution in [3.05, 3.63) is 88.1 Å². The average molecular weight is 384 g/mol. The minimum Gasteiger partial charge on any atom is -0.326 e. The van der Waals surface area contributed by atoms with E-state index in [1.54, 1.807) is 6.20 Å². The zero-order chi connectivity index (χ0) is 19.8. The Balaban J connectivity index is 1.29. The molecule has 0 fully saturated rings. The molecule has 2 heterocycles. The highest BCUT2D eigenvalue weighted by molar-refractivity contribution is 5.91. The van der Waals surface area contributed by atoms with Crippen LogP contribution in [0.1, 0.15) is 29.7 Å². The van der Waals surface area contributed by atoms with Gasteiger partial charge < -0.3 is 10.3 Å². The molecule has 0 aliphatic heterocycles. The van der Waals surface area contributed by atoms with E-state index in [2.05, 4.69) is 27.4 Å². The van der Waals surface area contributed by atoms with Gasteiger partial charge in [0.05, 0.1) is 11.4 Å². The Kier molecular flexibility index (Phi) is 4.24. The van der Waals surface area contributed by atoms with Crippen LogP contribution in [0.4, 0.5) is 5.69 Å². The summed E-state index contributed by atoms with van der Waals surface area (Å²) < 4.78 is 1.84. The van der Waals surface area contributed by atoms with E-state index in [1.165, 1.54) is 5.56 Å². The average Bonchev–Trinajstić information content (AvgIpc) is 3.34. The number of fused-ring (bicyclic) bond motifs is 5. The van der Waals surface area contributed by atoms with Gasteiger partial charge in [-0.05, 0) is 36.1 Å². The number of rotatable bonds is 5. The molecule has 1 aliphatic carbocycles. The SMILES string of the molecule is O=C(CCCc1ccccc1)Nc1ccc2c(c1)Cc1c-2[nH]c(=O)c2nccn12. The Labute approximate surface area is 167 Å². The summed E-state index contributed by atoms with van der Waals surface area (Å²) in [5.74, 6) is 0.0156. The van der Waals surface area contributed by atoms with Crippen LogP contribution in [-0.2, 0) is 17.6 Å². The van der Waals surface area contributed by atoms with Crippen LogP contribution in [0.5, 0.6) is 0 Å². The normalized spacial score (nSPS) is 12.0. The van der Waals surface area contributed by atoms with Crippen molar-refractivity contribution in [2.24, 2.45) is 0 Å². The van der Waals surface area contributed by atoms with Gasteiger partial charge in [0, 0.05) is 36.5 Å². The first-order valence-corrected chi connectivity index (χ1v) is 9.74. The minimum atomic E-state index is -0.197. The smallest absolute Gasteiger partial charge is 0.292 e. The molecule has 0 spiro atoms. The van der Waals surface area contributed by atoms with Crippen LogP contribution >= 0.6 is 0 Å². The molecule has 0 radical (unpaired) electrons. The molecule has 2 aromatic carbocycles. The lowest BCUT2D eigenvalue weighted by Gasteiger charge is -2.08. The van der Waals surface area contributed by atoms with Gasteiger partial charge in [0.1, 0.15) is 0 Å². The lowest BCUT2D eigenvalue weighted by molar-refractivity contribution is -0.116. The number of imidazole rings is 1. The maximum atomic E-state index is 12.3. The quantitative estimate of drug-likeness (QED) is 0.486. The Hall–Kier alpha value is -3.67. The van der Waals surface area contributed by atoms with Gasteiger partial charge in [-0.15, -0.1) is 0 Å². The lowest BCUT2D eigenvalue weighted by atomic mass is 10.1. The Morgan fingerprint density at radius 2 is 2.03 bits per heavy atom. The molecule has 144 valence electrons. The van der Waals surface area contributed by atoms with E-state index in [1.807, 2.05) is 47.0 Å². The second kappa shape index (κ2) is 7.05. The molecule has 4 aromatic rings. The van der Waals surface area contributed by atoms with Crippen molar-refractivity contribution in [3.8, 4) is 11.3 Å². The van der Waals surface area contributed by atoms with E-state index >= 15 is 0 Å². The Morgan fingerprint density at radius 3 is 2.90 bits per heavy atom. The zero-order valence-electron chi connectivity index (χ0n) is 15.8. The van der Waals surface area contributed by atoms with Crippen LogP contribution in [0.3, 0.4) is 0 Å². The van der Waals surface area contributed by atoms with Gasteiger partial charge in [-0.2, -0.15) is 0 Å². The number of carbonyl (C=O) groups excluding carboxylic acids is 1. The van der Waals surface area contributed by atoms with Gasteiger partial charge >= 0.3 is 0 Å². The topological polar surface area (TPSA) is 79.3 Å². The van der Waals surface area contributed by atoms with Gasteiger partial charge in [0.25, 0.3) is 5.56 Å². The number of hydrogen-bond donors (Lipinski definition) is 2. The molecule has 0 atom stereocenters. The van der Waals surface area contributed by atoms with Crippen molar-refractivity contribution in [1.29, 1.82) is 0 Å². The van der Waals surface area contributed by atoms with Gasteiger partial charge in [-0.3, -0.25) is 14.0 Å². The number of benzene rings is 2. The van der Waals surface area contributed by atoms with E-state index in [0.717, 1.165) is 41.0 Å². The van der Waals surface area contributed by atoms with Gasteiger partial charge in [-0.25, -0.2) is 4.98 Å². The molecule has 29 heavy (non-hydrogen) atoms. The summed E-state index contributed by atoms with van der Waals surface area (Å²) in [4.78, 5) is 31.6. The number of hydrogen-bond acceptors (Lipinski definition) is 3. The van der Waals surface area contributed by atoms with E-state index in [0.29, 0.717) is 18.5 Å². The second-order valence-corrected chi connectivity index (χ2v) is 7.33. The van der Waals surface area contributed by atoms with Crippen molar-refractivity contribution >= 4 is 17.2 Å². The number of H-pyrrole nitrogens is 1. The fourth-order valence-corrected chi connectivity index (χ4v) is 4.01. The number of aromatic nitrogens is 3. The molecule has 0 saturated carbocycles. The number of aryl methyl sites for hydroxylation is 1. The lowest BCUT2D eigenvalue weighted by Crippen LogP contribution is -2.13. The number of nitrogens with one attached hydrogen (secondary N) is 2. The van der Waals surface area contributed by atoms with Crippen molar-refractivity contribution in [3.63, 3.8) is 0 Å². The molecule has 5 rings (SSSR count). The number of aromatic amines is 1. The van der Waals surface area contributed by atoms with Crippen LogP contribution in [0.25, 0.3) is 16.9 Å². The number of anilines is 1. The first-order valence-electron chi connectivity index (χ1n) is 9.74. The van der Waals surface area contributed by atoms with Crippen molar-refractivity contribution < 1.29 is 4.79 Å². The molecule has 0 unspecified atom stereocenters. The van der Waals surface area contributed by atoms with Crippen LogP contribution in [0.15, 0.2) is 65.7 Å². The first-order chi connectivity index (χ1) is 14.2. The zero-order valence-corrected chi connectivity index (χ0v) is 15.8. The predicted octanol–water partition coefficient (Wildman–Crippen LogP) is 3.56.